The van der Waals surface area contributed by atoms with Crippen LogP contribution in [-0.2, 0) is 16.5 Å². The summed E-state index contributed by atoms with van der Waals surface area (Å²) in [5.74, 6) is 0.375. The number of ether oxygens (including phenoxy) is 2. The number of H-pyrrole nitrogens is 1. The number of aromatic nitrogens is 8. The maximum atomic E-state index is 12.3. The van der Waals surface area contributed by atoms with Crippen LogP contribution in [0.25, 0.3) is 22.3 Å². The molecular weight excluding hydrogens is 702 g/mol. The molecule has 0 unspecified atom stereocenters. The molecule has 6 heterocycles. The van der Waals surface area contributed by atoms with Crippen LogP contribution in [0.3, 0.4) is 0 Å². The summed E-state index contributed by atoms with van der Waals surface area (Å²) in [6, 6.07) is 0. The summed E-state index contributed by atoms with van der Waals surface area (Å²) in [5, 5.41) is 41.5. The van der Waals surface area contributed by atoms with Gasteiger partial charge in [0.15, 0.2) is 34.8 Å². The van der Waals surface area contributed by atoms with E-state index in [0.29, 0.717) is 24.3 Å². The molecule has 2 saturated heterocycles. The van der Waals surface area contributed by atoms with Gasteiger partial charge in [0.05, 0.1) is 18.5 Å². The Labute approximate surface area is 295 Å². The minimum Gasteiger partial charge on any atom is -0.388 e. The highest BCUT2D eigenvalue weighted by Gasteiger charge is 2.46. The van der Waals surface area contributed by atoms with Gasteiger partial charge in [-0.2, -0.15) is 4.98 Å². The summed E-state index contributed by atoms with van der Waals surface area (Å²) in [6.07, 6.45) is 5.25. The smallest absolute Gasteiger partial charge is 0.281 e. The molecule has 2 aliphatic rings. The number of nitrogens with zero attached hydrogens (tertiary/aromatic N) is 7. The molecule has 18 nitrogen and oxygen atoms in total. The van der Waals surface area contributed by atoms with Crippen molar-refractivity contribution in [2.24, 2.45) is 7.05 Å². The van der Waals surface area contributed by atoms with Gasteiger partial charge in [0.2, 0.25) is 11.9 Å². The van der Waals surface area contributed by atoms with E-state index in [-0.39, 0.29) is 41.6 Å². The van der Waals surface area contributed by atoms with Crippen LogP contribution in [0, 0.1) is 6.92 Å². The number of anilines is 2. The SMILES string of the molecule is C.C=P(C)(C)CC[C@H]1O[C@@H](n2c(N)nc3c(=O)[nH]c(N)nc32)[C@H](O)[C@@H]1O.C=P(C)(C)CC[C@H]1O[C@@H](n2cnc3c(=O)n(C)c(C)nc32)[C@H](O)[C@@H]1O. The number of rotatable bonds is 8. The third-order valence-electron chi connectivity index (χ3n) is 8.87. The second kappa shape index (κ2) is 15.0. The van der Waals surface area contributed by atoms with E-state index in [2.05, 4.69) is 64.2 Å². The van der Waals surface area contributed by atoms with E-state index in [1.807, 2.05) is 0 Å². The molecule has 0 bridgehead atoms. The first-order chi connectivity index (χ1) is 23.2. The molecule has 284 valence electrons. The highest BCUT2D eigenvalue weighted by molar-refractivity contribution is 7.72. The molecule has 6 rings (SSSR count). The Morgan fingerprint density at radius 2 is 1.37 bits per heavy atom. The summed E-state index contributed by atoms with van der Waals surface area (Å²) in [7, 11) is 1.63. The van der Waals surface area contributed by atoms with Crippen molar-refractivity contribution in [2.75, 3.05) is 50.5 Å². The molecule has 51 heavy (non-hydrogen) atoms. The molecule has 0 radical (unpaired) electrons. The summed E-state index contributed by atoms with van der Waals surface area (Å²) in [6.45, 7) is 7.59. The van der Waals surface area contributed by atoms with Crippen molar-refractivity contribution in [3.63, 3.8) is 0 Å². The third-order valence-corrected chi connectivity index (χ3v) is 11.8. The maximum Gasteiger partial charge on any atom is 0.281 e. The number of nitrogen functional groups attached to an aromatic ring is 2. The minimum absolute atomic E-state index is 0. The predicted octanol–water partition coefficient (Wildman–Crippen LogP) is -0.204. The molecule has 9 N–H and O–H groups in total. The number of nitrogens with two attached hydrogens (primary N) is 2. The quantitative estimate of drug-likeness (QED) is 0.115. The minimum atomic E-state index is -1.30. The van der Waals surface area contributed by atoms with E-state index in [4.69, 9.17) is 20.9 Å². The number of hydrogen-bond donors (Lipinski definition) is 7. The molecule has 2 aliphatic heterocycles. The average molecular weight is 755 g/mol. The van der Waals surface area contributed by atoms with Gasteiger partial charge in [-0.25, -0.2) is 15.0 Å². The molecule has 0 amide bonds. The second-order valence-electron chi connectivity index (χ2n) is 14.3. The van der Waals surface area contributed by atoms with Crippen molar-refractivity contribution in [3.05, 3.63) is 32.9 Å². The molecule has 0 saturated carbocycles. The molecule has 0 aliphatic carbocycles. The summed E-state index contributed by atoms with van der Waals surface area (Å²) >= 11 is 0. The van der Waals surface area contributed by atoms with Gasteiger partial charge in [0, 0.05) is 7.05 Å². The fourth-order valence-corrected chi connectivity index (χ4v) is 7.84. The molecule has 2 fully saturated rings. The number of aliphatic hydroxyl groups is 4. The average Bonchev–Trinajstić information content (AvgIpc) is 3.73. The van der Waals surface area contributed by atoms with E-state index >= 15 is 0 Å². The van der Waals surface area contributed by atoms with Gasteiger partial charge >= 0.3 is 0 Å². The maximum absolute atomic E-state index is 12.3. The Bertz CT molecular complexity index is 2100. The number of hydrogen-bond acceptors (Lipinski definition) is 14. The number of aryl methyl sites for hydroxylation is 1. The first-order valence-electron chi connectivity index (χ1n) is 16.0. The van der Waals surface area contributed by atoms with E-state index in [1.165, 1.54) is 20.0 Å². The Morgan fingerprint density at radius 3 is 1.92 bits per heavy atom. The Kier molecular flexibility index (Phi) is 11.9. The van der Waals surface area contributed by atoms with Crippen LogP contribution in [-0.4, -0.2) is 147 Å². The molecule has 4 aromatic heterocycles. The van der Waals surface area contributed by atoms with Gasteiger partial charge in [-0.1, -0.05) is 7.43 Å². The number of fused-ring (bicyclic) bond motifs is 2. The number of aliphatic hydroxyl groups excluding tert-OH is 4. The van der Waals surface area contributed by atoms with Crippen LogP contribution in [0.1, 0.15) is 38.5 Å². The Morgan fingerprint density at radius 1 is 0.843 bits per heavy atom. The number of nitrogens with one attached hydrogen (secondary N) is 1. The van der Waals surface area contributed by atoms with Gasteiger partial charge in [0.25, 0.3) is 11.1 Å². The zero-order valence-corrected chi connectivity index (χ0v) is 30.8. The standard InChI is InChI=1S/C16H25N4O4P.C14H23N6O4P.CH4/c1-9-18-14-11(15(23)19(9)2)17-8-20(14)16-13(22)12(21)10(24-16)6-7-25(3,4)5;1-25(2,3)5-4-6-8(21)9(22)12(24-6)20-10-7(17-14(20)16)11(23)19-13(15)18-10;/h8,10,12-13,16,21-22H,3,6-7H2,1-2,4-5H3;6,8-9,12,21-22H,1,4-5H2,2-3H3,(H2,16,17)(H3,15,18,19,23);1H4/t10-,12-,13-,16-;6-,8-,9-,12-;/m11./s1. The zero-order valence-electron chi connectivity index (χ0n) is 29.0. The highest BCUT2D eigenvalue weighted by Crippen LogP contribution is 2.41. The van der Waals surface area contributed by atoms with Crippen molar-refractivity contribution >= 4 is 60.6 Å². The number of aromatic amines is 1. The monoisotopic (exact) mass is 754 g/mol. The van der Waals surface area contributed by atoms with Gasteiger partial charge in [-0.15, -0.1) is 26.4 Å². The van der Waals surface area contributed by atoms with Crippen LogP contribution in [0.2, 0.25) is 0 Å². The molecule has 0 spiro atoms. The van der Waals surface area contributed by atoms with Crippen molar-refractivity contribution in [3.8, 4) is 0 Å². The zero-order chi connectivity index (χ0) is 37.0. The van der Waals surface area contributed by atoms with Crippen LogP contribution >= 0.6 is 13.8 Å². The van der Waals surface area contributed by atoms with Gasteiger partial charge in [-0.3, -0.25) is 28.3 Å². The van der Waals surface area contributed by atoms with Crippen LogP contribution in [0.5, 0.6) is 0 Å². The van der Waals surface area contributed by atoms with Crippen molar-refractivity contribution in [2.45, 2.75) is 76.3 Å². The van der Waals surface area contributed by atoms with Crippen LogP contribution in [0.4, 0.5) is 11.9 Å². The van der Waals surface area contributed by atoms with Crippen molar-refractivity contribution in [1.29, 1.82) is 0 Å². The fraction of sp³-hybridized carbons (Fsp3) is 0.613. The fourth-order valence-electron chi connectivity index (χ4n) is 5.94. The van der Waals surface area contributed by atoms with Gasteiger partial charge in [0.1, 0.15) is 30.2 Å². The van der Waals surface area contributed by atoms with Crippen molar-refractivity contribution < 1.29 is 29.9 Å². The second-order valence-corrected chi connectivity index (χ2v) is 22.9. The van der Waals surface area contributed by atoms with Gasteiger partial charge in [-0.05, 0) is 58.7 Å². The van der Waals surface area contributed by atoms with E-state index < -0.39 is 68.4 Å². The summed E-state index contributed by atoms with van der Waals surface area (Å²) < 4.78 is 16.0. The third kappa shape index (κ3) is 8.34. The molecule has 4 aromatic rings. The Hall–Kier alpha value is -3.34. The molecular formula is C31H52N10O8P2. The summed E-state index contributed by atoms with van der Waals surface area (Å²) in [4.78, 5) is 43.1. The molecule has 8 atom stereocenters. The number of imidazole rings is 2. The lowest BCUT2D eigenvalue weighted by atomic mass is 10.1. The normalized spacial score (nSPS) is 26.7. The molecule has 20 heteroatoms. The lowest BCUT2D eigenvalue weighted by molar-refractivity contribution is -0.0353. The lowest BCUT2D eigenvalue weighted by Crippen LogP contribution is -2.32. The van der Waals surface area contributed by atoms with E-state index in [0.717, 1.165) is 12.3 Å². The van der Waals surface area contributed by atoms with E-state index in [9.17, 15) is 30.0 Å². The highest BCUT2D eigenvalue weighted by atomic mass is 31.2. The van der Waals surface area contributed by atoms with Gasteiger partial charge < -0.3 is 41.4 Å². The largest absolute Gasteiger partial charge is 0.388 e. The van der Waals surface area contributed by atoms with Crippen LogP contribution < -0.4 is 22.6 Å². The first kappa shape index (κ1) is 40.4. The lowest BCUT2D eigenvalue weighted by Gasteiger charge is -2.19. The molecule has 0 aromatic carbocycles. The summed E-state index contributed by atoms with van der Waals surface area (Å²) in [5.41, 5.74) is 11.3. The van der Waals surface area contributed by atoms with Crippen LogP contribution in [0.15, 0.2) is 15.9 Å². The predicted molar refractivity (Wildman–Crippen MR) is 204 cm³/mol. The Balaban J connectivity index is 0.000000224. The van der Waals surface area contributed by atoms with Crippen molar-refractivity contribution in [1.82, 2.24) is 38.6 Å². The van der Waals surface area contributed by atoms with E-state index in [1.54, 1.807) is 14.0 Å². The topological polar surface area (TPSA) is 268 Å². The first-order valence-corrected chi connectivity index (χ1v) is 22.1.